The summed E-state index contributed by atoms with van der Waals surface area (Å²) >= 11 is 2.01. The Morgan fingerprint density at radius 1 is 1.08 bits per heavy atom. The Bertz CT molecular complexity index is 1610. The number of aromatic nitrogens is 2. The quantitative estimate of drug-likeness (QED) is 0.340. The number of fused-ring (bicyclic) bond motifs is 2. The number of ether oxygens (including phenoxy) is 1. The molecule has 4 aromatic rings. The molecule has 1 aromatic heterocycles. The predicted molar refractivity (Wildman–Crippen MR) is 136 cm³/mol. The molecule has 1 aliphatic heterocycles. The molecule has 0 saturated carbocycles. The molecule has 0 fully saturated rings. The first-order valence-electron chi connectivity index (χ1n) is 10.6. The highest BCUT2D eigenvalue weighted by atomic mass is 127. The number of halogens is 3. The molecule has 0 atom stereocenters. The summed E-state index contributed by atoms with van der Waals surface area (Å²) in [5, 5.41) is 0. The van der Waals surface area contributed by atoms with E-state index < -0.39 is 27.6 Å². The lowest BCUT2D eigenvalue weighted by Crippen LogP contribution is -2.33. The Balaban J connectivity index is 1.51. The first kappa shape index (κ1) is 24.3. The van der Waals surface area contributed by atoms with Crippen molar-refractivity contribution >= 4 is 55.2 Å². The average Bonchev–Trinajstić information content (AvgIpc) is 3.06. The summed E-state index contributed by atoms with van der Waals surface area (Å²) in [5.74, 6) is -2.12. The Morgan fingerprint density at radius 3 is 2.72 bits per heavy atom. The number of hydrogen-bond donors (Lipinski definition) is 1. The average molecular weight is 622 g/mol. The molecule has 0 spiro atoms. The zero-order chi connectivity index (χ0) is 25.4. The molecular weight excluding hydrogens is 605 g/mol. The smallest absolute Gasteiger partial charge is 0.264 e. The fourth-order valence-electron chi connectivity index (χ4n) is 3.91. The maximum atomic E-state index is 14.5. The van der Waals surface area contributed by atoms with Crippen LogP contribution in [0.15, 0.2) is 65.8 Å². The molecule has 0 unspecified atom stereocenters. The van der Waals surface area contributed by atoms with E-state index in [2.05, 4.69) is 14.7 Å². The van der Waals surface area contributed by atoms with Crippen molar-refractivity contribution < 1.29 is 26.7 Å². The number of anilines is 1. The van der Waals surface area contributed by atoms with Gasteiger partial charge in [-0.05, 0) is 52.9 Å². The highest BCUT2D eigenvalue weighted by molar-refractivity contribution is 14.1. The fraction of sp³-hybridized carbons (Fsp3) is 0.125. The van der Waals surface area contributed by atoms with Gasteiger partial charge in [0.2, 0.25) is 0 Å². The van der Waals surface area contributed by atoms with E-state index in [9.17, 15) is 22.0 Å². The van der Waals surface area contributed by atoms with Crippen molar-refractivity contribution in [2.24, 2.45) is 0 Å². The molecule has 3 aromatic carbocycles. The van der Waals surface area contributed by atoms with Gasteiger partial charge in [0.05, 0.1) is 29.9 Å². The van der Waals surface area contributed by atoms with Crippen molar-refractivity contribution in [2.75, 3.05) is 17.9 Å². The van der Waals surface area contributed by atoms with Crippen LogP contribution < -0.4 is 9.46 Å². The zero-order valence-electron chi connectivity index (χ0n) is 18.4. The second-order valence-electron chi connectivity index (χ2n) is 7.92. The lowest BCUT2D eigenvalue weighted by atomic mass is 10.1. The number of nitrogens with zero attached hydrogens (tertiary/aromatic N) is 3. The van der Waals surface area contributed by atoms with Crippen LogP contribution in [0.4, 0.5) is 14.5 Å². The maximum Gasteiger partial charge on any atom is 0.264 e. The van der Waals surface area contributed by atoms with Gasteiger partial charge < -0.3 is 9.64 Å². The van der Waals surface area contributed by atoms with E-state index in [1.54, 1.807) is 18.2 Å². The maximum absolute atomic E-state index is 14.5. The summed E-state index contributed by atoms with van der Waals surface area (Å²) in [6, 6.07) is 11.1. The van der Waals surface area contributed by atoms with Gasteiger partial charge in [0, 0.05) is 33.7 Å². The molecule has 0 radical (unpaired) electrons. The van der Waals surface area contributed by atoms with E-state index in [1.165, 1.54) is 35.5 Å². The summed E-state index contributed by atoms with van der Waals surface area (Å²) in [6.45, 7) is -0.0647. The van der Waals surface area contributed by atoms with E-state index in [-0.39, 0.29) is 52.7 Å². The Labute approximate surface area is 218 Å². The van der Waals surface area contributed by atoms with Gasteiger partial charge in [-0.1, -0.05) is 6.07 Å². The second kappa shape index (κ2) is 9.58. The molecule has 1 N–H and O–H groups in total. The molecular formula is C24H17F2IN4O4S. The van der Waals surface area contributed by atoms with Gasteiger partial charge in [0.15, 0.2) is 0 Å². The number of amides is 1. The van der Waals surface area contributed by atoms with Gasteiger partial charge in [-0.15, -0.1) is 0 Å². The van der Waals surface area contributed by atoms with Gasteiger partial charge in [-0.3, -0.25) is 19.5 Å². The molecule has 2 heterocycles. The van der Waals surface area contributed by atoms with Crippen molar-refractivity contribution in [2.45, 2.75) is 11.4 Å². The minimum atomic E-state index is -4.16. The number of hydrogen-bond acceptors (Lipinski definition) is 6. The Morgan fingerprint density at radius 2 is 1.89 bits per heavy atom. The van der Waals surface area contributed by atoms with Crippen molar-refractivity contribution in [1.29, 1.82) is 0 Å². The van der Waals surface area contributed by atoms with Crippen molar-refractivity contribution in [3.8, 4) is 5.75 Å². The molecule has 1 amide bonds. The third kappa shape index (κ3) is 4.69. The molecule has 36 heavy (non-hydrogen) atoms. The van der Waals surface area contributed by atoms with Crippen LogP contribution in [-0.4, -0.2) is 42.3 Å². The van der Waals surface area contributed by atoms with E-state index in [0.717, 1.165) is 12.1 Å². The van der Waals surface area contributed by atoms with Crippen LogP contribution in [0.25, 0.3) is 11.0 Å². The van der Waals surface area contributed by atoms with Gasteiger partial charge in [-0.25, -0.2) is 17.2 Å². The van der Waals surface area contributed by atoms with Crippen LogP contribution in [0.1, 0.15) is 15.9 Å². The third-order valence-corrected chi connectivity index (χ3v) is 7.65. The van der Waals surface area contributed by atoms with E-state index >= 15 is 0 Å². The molecule has 5 rings (SSSR count). The summed E-state index contributed by atoms with van der Waals surface area (Å²) in [6.07, 6.45) is 2.86. The predicted octanol–water partition coefficient (Wildman–Crippen LogP) is 4.35. The summed E-state index contributed by atoms with van der Waals surface area (Å²) in [7, 11) is -4.16. The molecule has 12 heteroatoms. The molecule has 0 aliphatic carbocycles. The number of nitrogens with one attached hydrogen (secondary N) is 1. The van der Waals surface area contributed by atoms with Crippen LogP contribution >= 0.6 is 22.6 Å². The van der Waals surface area contributed by atoms with E-state index in [1.807, 2.05) is 22.6 Å². The Hall–Kier alpha value is -3.39. The number of benzene rings is 3. The highest BCUT2D eigenvalue weighted by Gasteiger charge is 2.27. The molecule has 184 valence electrons. The van der Waals surface area contributed by atoms with Crippen LogP contribution in [0.5, 0.6) is 5.75 Å². The van der Waals surface area contributed by atoms with Crippen LogP contribution in [0.3, 0.4) is 0 Å². The highest BCUT2D eigenvalue weighted by Crippen LogP contribution is 2.30. The van der Waals surface area contributed by atoms with Crippen LogP contribution in [0, 0.1) is 15.2 Å². The first-order chi connectivity index (χ1) is 17.2. The van der Waals surface area contributed by atoms with Gasteiger partial charge in [0.1, 0.15) is 34.4 Å². The number of carbonyl (C=O) groups excluding carboxylic acids is 1. The number of rotatable bonds is 4. The third-order valence-electron chi connectivity index (χ3n) is 5.58. The summed E-state index contributed by atoms with van der Waals surface area (Å²) in [4.78, 5) is 23.1. The zero-order valence-corrected chi connectivity index (χ0v) is 21.4. The number of carbonyl (C=O) groups is 1. The minimum absolute atomic E-state index is 0.0156. The molecule has 0 saturated heterocycles. The lowest BCUT2D eigenvalue weighted by Gasteiger charge is -2.22. The van der Waals surface area contributed by atoms with Crippen molar-refractivity contribution in [1.82, 2.24) is 14.9 Å². The number of sulfonamides is 1. The van der Waals surface area contributed by atoms with Gasteiger partial charge >= 0.3 is 0 Å². The normalized spacial score (nSPS) is 13.6. The second-order valence-corrected chi connectivity index (χ2v) is 10.8. The lowest BCUT2D eigenvalue weighted by molar-refractivity contribution is 0.0733. The molecule has 8 nitrogen and oxygen atoms in total. The topological polar surface area (TPSA) is 101 Å². The van der Waals surface area contributed by atoms with E-state index in [0.29, 0.717) is 9.09 Å². The SMILES string of the molecule is O=C(c1ccc(I)cc1NS(=O)(=O)c1cccc2nccnc12)N1CCOc2cc(F)cc(F)c2C1. The largest absolute Gasteiger partial charge is 0.491 e. The number of para-hydroxylation sites is 1. The Kier molecular flexibility index (Phi) is 6.47. The fourth-order valence-corrected chi connectivity index (χ4v) is 5.64. The van der Waals surface area contributed by atoms with E-state index in [4.69, 9.17) is 4.74 Å². The van der Waals surface area contributed by atoms with Crippen LogP contribution in [-0.2, 0) is 16.6 Å². The van der Waals surface area contributed by atoms with Gasteiger partial charge in [-0.2, -0.15) is 0 Å². The van der Waals surface area contributed by atoms with Crippen molar-refractivity contribution in [3.05, 3.63) is 87.3 Å². The van der Waals surface area contributed by atoms with Crippen LogP contribution in [0.2, 0.25) is 0 Å². The van der Waals surface area contributed by atoms with Crippen molar-refractivity contribution in [3.63, 3.8) is 0 Å². The molecule has 0 bridgehead atoms. The summed E-state index contributed by atoms with van der Waals surface area (Å²) < 4.78 is 63.5. The minimum Gasteiger partial charge on any atom is -0.491 e. The summed E-state index contributed by atoms with van der Waals surface area (Å²) in [5.41, 5.74) is 0.759. The first-order valence-corrected chi connectivity index (χ1v) is 13.2. The molecule has 1 aliphatic rings. The monoisotopic (exact) mass is 622 g/mol. The van der Waals surface area contributed by atoms with Gasteiger partial charge in [0.25, 0.3) is 15.9 Å². The standard InChI is InChI=1S/C24H17F2IN4O4S/c25-14-10-18(26)17-13-31(8-9-35-21(17)11-14)24(32)16-5-4-15(27)12-20(16)30-36(33,34)22-3-1-2-19-23(22)29-7-6-28-19/h1-7,10-12,30H,8-9,13H2.